The van der Waals surface area contributed by atoms with Crippen molar-refractivity contribution in [2.75, 3.05) is 13.1 Å². The van der Waals surface area contributed by atoms with Crippen LogP contribution in [-0.4, -0.2) is 44.0 Å². The van der Waals surface area contributed by atoms with Gasteiger partial charge in [0.2, 0.25) is 0 Å². The quantitative estimate of drug-likeness (QED) is 0.837. The number of fused-ring (bicyclic) bond motifs is 1. The molecule has 0 bridgehead atoms. The second-order valence-corrected chi connectivity index (χ2v) is 5.26. The third-order valence-electron chi connectivity index (χ3n) is 4.15. The summed E-state index contributed by atoms with van der Waals surface area (Å²) in [5.74, 6) is 1.60. The van der Waals surface area contributed by atoms with Crippen LogP contribution in [0, 0.1) is 5.92 Å². The van der Waals surface area contributed by atoms with Gasteiger partial charge in [0.15, 0.2) is 0 Å². The fourth-order valence-electron chi connectivity index (χ4n) is 3.01. The molecule has 1 N–H and O–H groups in total. The van der Waals surface area contributed by atoms with Crippen LogP contribution < -0.4 is 0 Å². The Morgan fingerprint density at radius 2 is 2.29 bits per heavy atom. The summed E-state index contributed by atoms with van der Waals surface area (Å²) in [7, 11) is 0. The summed E-state index contributed by atoms with van der Waals surface area (Å²) < 4.78 is 2.13. The number of rotatable bonds is 3. The Balaban J connectivity index is 1.51. The Bertz CT molecular complexity index is 378. The highest BCUT2D eigenvalue weighted by atomic mass is 16.3. The van der Waals surface area contributed by atoms with E-state index in [1.54, 1.807) is 0 Å². The highest BCUT2D eigenvalue weighted by Gasteiger charge is 2.26. The summed E-state index contributed by atoms with van der Waals surface area (Å²) in [6.07, 6.45) is 6.27. The van der Waals surface area contributed by atoms with Crippen LogP contribution in [-0.2, 0) is 13.1 Å². The van der Waals surface area contributed by atoms with Gasteiger partial charge in [-0.3, -0.25) is 4.90 Å². The highest BCUT2D eigenvalue weighted by molar-refractivity contribution is 4.90. The minimum Gasteiger partial charge on any atom is -0.393 e. The van der Waals surface area contributed by atoms with E-state index in [1.165, 1.54) is 12.8 Å². The maximum absolute atomic E-state index is 9.80. The van der Waals surface area contributed by atoms with E-state index in [-0.39, 0.29) is 6.10 Å². The largest absolute Gasteiger partial charge is 0.393 e. The molecule has 2 unspecified atom stereocenters. The van der Waals surface area contributed by atoms with Crippen molar-refractivity contribution in [1.29, 1.82) is 0 Å². The number of aliphatic hydroxyl groups excluding tert-OH is 1. The number of hydrogen-bond acceptors (Lipinski definition) is 4. The molecule has 0 spiro atoms. The molecule has 1 aliphatic heterocycles. The molecular formula is C12H20N4O. The first-order valence-corrected chi connectivity index (χ1v) is 6.60. The van der Waals surface area contributed by atoms with Crippen molar-refractivity contribution in [3.05, 3.63) is 12.2 Å². The SMILES string of the molecule is OC1CCCC1CCN1CCn2cnnc2C1. The molecule has 2 aliphatic rings. The number of aliphatic hydroxyl groups is 1. The molecule has 1 aromatic heterocycles. The van der Waals surface area contributed by atoms with Crippen LogP contribution in [0.5, 0.6) is 0 Å². The number of aromatic nitrogens is 3. The molecule has 1 saturated carbocycles. The van der Waals surface area contributed by atoms with Gasteiger partial charge in [0.05, 0.1) is 12.6 Å². The van der Waals surface area contributed by atoms with Crippen LogP contribution >= 0.6 is 0 Å². The van der Waals surface area contributed by atoms with E-state index in [4.69, 9.17) is 0 Å². The lowest BCUT2D eigenvalue weighted by atomic mass is 10.0. The molecule has 3 rings (SSSR count). The summed E-state index contributed by atoms with van der Waals surface area (Å²) in [4.78, 5) is 2.43. The van der Waals surface area contributed by atoms with Gasteiger partial charge < -0.3 is 9.67 Å². The Morgan fingerprint density at radius 3 is 3.12 bits per heavy atom. The van der Waals surface area contributed by atoms with Gasteiger partial charge in [-0.15, -0.1) is 10.2 Å². The zero-order chi connectivity index (χ0) is 11.7. The summed E-state index contributed by atoms with van der Waals surface area (Å²) in [6.45, 7) is 4.06. The Labute approximate surface area is 101 Å². The number of nitrogens with zero attached hydrogens (tertiary/aromatic N) is 4. The smallest absolute Gasteiger partial charge is 0.147 e. The van der Waals surface area contributed by atoms with E-state index in [1.807, 2.05) is 6.33 Å². The zero-order valence-corrected chi connectivity index (χ0v) is 10.1. The molecule has 0 radical (unpaired) electrons. The average Bonchev–Trinajstić information content (AvgIpc) is 2.94. The molecule has 1 fully saturated rings. The third-order valence-corrected chi connectivity index (χ3v) is 4.15. The van der Waals surface area contributed by atoms with Gasteiger partial charge in [-0.25, -0.2) is 0 Å². The lowest BCUT2D eigenvalue weighted by Gasteiger charge is -2.28. The van der Waals surface area contributed by atoms with Crippen molar-refractivity contribution in [3.63, 3.8) is 0 Å². The molecule has 5 nitrogen and oxygen atoms in total. The van der Waals surface area contributed by atoms with Crippen molar-refractivity contribution in [3.8, 4) is 0 Å². The van der Waals surface area contributed by atoms with E-state index >= 15 is 0 Å². The summed E-state index contributed by atoms with van der Waals surface area (Å²) in [5.41, 5.74) is 0. The van der Waals surface area contributed by atoms with E-state index in [2.05, 4.69) is 19.7 Å². The fraction of sp³-hybridized carbons (Fsp3) is 0.833. The predicted octanol–water partition coefficient (Wildman–Crippen LogP) is 0.645. The molecule has 1 aromatic rings. The second kappa shape index (κ2) is 4.74. The van der Waals surface area contributed by atoms with Crippen LogP contribution in [0.25, 0.3) is 0 Å². The van der Waals surface area contributed by atoms with Crippen molar-refractivity contribution in [2.45, 2.75) is 44.9 Å². The molecule has 0 aromatic carbocycles. The predicted molar refractivity (Wildman–Crippen MR) is 63.3 cm³/mol. The summed E-state index contributed by atoms with van der Waals surface area (Å²) in [5, 5.41) is 17.9. The summed E-state index contributed by atoms with van der Waals surface area (Å²) >= 11 is 0. The molecule has 0 saturated heterocycles. The summed E-state index contributed by atoms with van der Waals surface area (Å²) in [6, 6.07) is 0. The molecule has 0 amide bonds. The van der Waals surface area contributed by atoms with Crippen LogP contribution in [0.1, 0.15) is 31.5 Å². The molecule has 2 heterocycles. The lowest BCUT2D eigenvalue weighted by molar-refractivity contribution is 0.113. The van der Waals surface area contributed by atoms with Gasteiger partial charge in [0.25, 0.3) is 0 Å². The van der Waals surface area contributed by atoms with Crippen LogP contribution in [0.3, 0.4) is 0 Å². The van der Waals surface area contributed by atoms with Crippen LogP contribution in [0.2, 0.25) is 0 Å². The topological polar surface area (TPSA) is 54.2 Å². The first-order chi connectivity index (χ1) is 8.33. The Hall–Kier alpha value is -0.940. The van der Waals surface area contributed by atoms with Gasteiger partial charge in [0, 0.05) is 13.1 Å². The van der Waals surface area contributed by atoms with E-state index in [0.717, 1.165) is 44.8 Å². The first kappa shape index (κ1) is 11.2. The Morgan fingerprint density at radius 1 is 1.35 bits per heavy atom. The van der Waals surface area contributed by atoms with Crippen LogP contribution in [0.15, 0.2) is 6.33 Å². The first-order valence-electron chi connectivity index (χ1n) is 6.60. The van der Waals surface area contributed by atoms with E-state index < -0.39 is 0 Å². The van der Waals surface area contributed by atoms with Gasteiger partial charge >= 0.3 is 0 Å². The number of hydrogen-bond donors (Lipinski definition) is 1. The van der Waals surface area contributed by atoms with E-state index in [0.29, 0.717) is 5.92 Å². The van der Waals surface area contributed by atoms with Gasteiger partial charge in [0.1, 0.15) is 12.2 Å². The van der Waals surface area contributed by atoms with Crippen molar-refractivity contribution in [2.24, 2.45) is 5.92 Å². The molecule has 5 heteroatoms. The van der Waals surface area contributed by atoms with Gasteiger partial charge in [-0.2, -0.15) is 0 Å². The minimum absolute atomic E-state index is 0.0524. The average molecular weight is 236 g/mol. The maximum Gasteiger partial charge on any atom is 0.147 e. The van der Waals surface area contributed by atoms with E-state index in [9.17, 15) is 5.11 Å². The van der Waals surface area contributed by atoms with Crippen molar-refractivity contribution >= 4 is 0 Å². The highest BCUT2D eigenvalue weighted by Crippen LogP contribution is 2.28. The van der Waals surface area contributed by atoms with Crippen molar-refractivity contribution < 1.29 is 5.11 Å². The molecule has 2 atom stereocenters. The Kier molecular flexibility index (Phi) is 3.11. The van der Waals surface area contributed by atoms with Crippen molar-refractivity contribution in [1.82, 2.24) is 19.7 Å². The standard InChI is InChI=1S/C12H20N4O/c17-11-3-1-2-10(11)4-5-15-6-7-16-9-13-14-12(16)8-15/h9-11,17H,1-8H2. The van der Waals surface area contributed by atoms with Gasteiger partial charge in [-0.1, -0.05) is 6.42 Å². The zero-order valence-electron chi connectivity index (χ0n) is 10.1. The molecule has 1 aliphatic carbocycles. The van der Waals surface area contributed by atoms with Crippen LogP contribution in [0.4, 0.5) is 0 Å². The monoisotopic (exact) mass is 236 g/mol. The molecule has 17 heavy (non-hydrogen) atoms. The second-order valence-electron chi connectivity index (χ2n) is 5.26. The van der Waals surface area contributed by atoms with Gasteiger partial charge in [-0.05, 0) is 31.7 Å². The fourth-order valence-corrected chi connectivity index (χ4v) is 3.01. The lowest BCUT2D eigenvalue weighted by Crippen LogP contribution is -2.35. The minimum atomic E-state index is -0.0524. The molecular weight excluding hydrogens is 216 g/mol. The molecule has 94 valence electrons. The normalized spacial score (nSPS) is 29.5. The maximum atomic E-state index is 9.80. The third kappa shape index (κ3) is 2.35.